The fraction of sp³-hybridized carbons (Fsp3) is 0.417. The molecule has 1 atom stereocenters. The Hall–Kier alpha value is -2.93. The van der Waals surface area contributed by atoms with Crippen LogP contribution in [0.1, 0.15) is 36.4 Å². The van der Waals surface area contributed by atoms with Gasteiger partial charge in [0.25, 0.3) is 0 Å². The van der Waals surface area contributed by atoms with Crippen molar-refractivity contribution in [3.05, 3.63) is 59.1 Å². The Bertz CT molecular complexity index is 1080. The highest BCUT2D eigenvalue weighted by molar-refractivity contribution is 6.30. The minimum atomic E-state index is 0.159. The first-order valence-corrected chi connectivity index (χ1v) is 11.4. The molecule has 1 saturated heterocycles. The molecular formula is C24H29ClN6O. The molecule has 0 bridgehead atoms. The second-order valence-corrected chi connectivity index (χ2v) is 9.02. The lowest BCUT2D eigenvalue weighted by Crippen LogP contribution is -2.39. The van der Waals surface area contributed by atoms with Crippen LogP contribution in [-0.2, 0) is 11.3 Å². The summed E-state index contributed by atoms with van der Waals surface area (Å²) in [6.07, 6.45) is 8.07. The molecule has 1 aliphatic rings. The molecule has 2 aromatic heterocycles. The van der Waals surface area contributed by atoms with Crippen LogP contribution in [0.15, 0.2) is 42.9 Å². The number of halogens is 1. The van der Waals surface area contributed by atoms with E-state index in [4.69, 9.17) is 16.6 Å². The summed E-state index contributed by atoms with van der Waals surface area (Å²) in [6.45, 7) is 4.06. The largest absolute Gasteiger partial charge is 0.347 e. The Morgan fingerprint density at radius 1 is 1.22 bits per heavy atom. The SMILES string of the molecule is Cc1cnn(CCC(=O)N2CCC[C@@H](c3nc(N(C)C)ncc3-c3ccc(Cl)cc3)C2)c1. The molecule has 0 saturated carbocycles. The van der Waals surface area contributed by atoms with E-state index >= 15 is 0 Å². The van der Waals surface area contributed by atoms with Gasteiger partial charge < -0.3 is 9.80 Å². The third kappa shape index (κ3) is 5.10. The molecule has 1 aliphatic heterocycles. The standard InChI is InChI=1S/C24H29ClN6O/c1-17-13-27-31(15-17)12-10-22(32)30-11-4-5-19(16-30)23-21(14-26-24(28-23)29(2)3)18-6-8-20(25)9-7-18/h6-9,13-15,19H,4-5,10-12,16H2,1-3H3/t19-/m1/s1. The summed E-state index contributed by atoms with van der Waals surface area (Å²) in [5.74, 6) is 1.00. The van der Waals surface area contributed by atoms with E-state index in [1.54, 1.807) is 0 Å². The highest BCUT2D eigenvalue weighted by Gasteiger charge is 2.28. The molecule has 0 N–H and O–H groups in total. The van der Waals surface area contributed by atoms with Crippen LogP contribution in [0.5, 0.6) is 0 Å². The van der Waals surface area contributed by atoms with E-state index in [2.05, 4.69) is 10.1 Å². The number of amides is 1. The fourth-order valence-electron chi connectivity index (χ4n) is 4.15. The predicted molar refractivity (Wildman–Crippen MR) is 127 cm³/mol. The van der Waals surface area contributed by atoms with Gasteiger partial charge in [-0.25, -0.2) is 9.97 Å². The minimum Gasteiger partial charge on any atom is -0.347 e. The molecule has 8 heteroatoms. The van der Waals surface area contributed by atoms with E-state index < -0.39 is 0 Å². The van der Waals surface area contributed by atoms with Crippen molar-refractivity contribution in [3.8, 4) is 11.1 Å². The Balaban J connectivity index is 1.55. The van der Waals surface area contributed by atoms with Crippen LogP contribution in [0.2, 0.25) is 5.02 Å². The average Bonchev–Trinajstić information content (AvgIpc) is 3.22. The van der Waals surface area contributed by atoms with E-state index in [0.29, 0.717) is 30.5 Å². The van der Waals surface area contributed by atoms with E-state index in [1.165, 1.54) is 0 Å². The number of piperidine rings is 1. The predicted octanol–water partition coefficient (Wildman–Crippen LogP) is 4.16. The topological polar surface area (TPSA) is 67.2 Å². The normalized spacial score (nSPS) is 16.2. The van der Waals surface area contributed by atoms with Crippen LogP contribution in [0, 0.1) is 6.92 Å². The highest BCUT2D eigenvalue weighted by Crippen LogP contribution is 2.34. The van der Waals surface area contributed by atoms with Crippen molar-refractivity contribution >= 4 is 23.5 Å². The van der Waals surface area contributed by atoms with Gasteiger partial charge in [0.15, 0.2) is 0 Å². The van der Waals surface area contributed by atoms with Crippen molar-refractivity contribution in [2.45, 2.75) is 38.6 Å². The van der Waals surface area contributed by atoms with Crippen molar-refractivity contribution in [1.82, 2.24) is 24.6 Å². The van der Waals surface area contributed by atoms with Crippen molar-refractivity contribution in [2.24, 2.45) is 0 Å². The van der Waals surface area contributed by atoms with Crippen LogP contribution in [-0.4, -0.2) is 57.7 Å². The summed E-state index contributed by atoms with van der Waals surface area (Å²) in [7, 11) is 3.88. The lowest BCUT2D eigenvalue weighted by Gasteiger charge is -2.33. The van der Waals surface area contributed by atoms with Crippen molar-refractivity contribution in [1.29, 1.82) is 0 Å². The number of rotatable bonds is 6. The summed E-state index contributed by atoms with van der Waals surface area (Å²) in [5.41, 5.74) is 4.13. The van der Waals surface area contributed by atoms with Crippen LogP contribution in [0.4, 0.5) is 5.95 Å². The molecule has 3 aromatic rings. The zero-order valence-electron chi connectivity index (χ0n) is 18.8. The second kappa shape index (κ2) is 9.69. The van der Waals surface area contributed by atoms with Crippen LogP contribution < -0.4 is 4.90 Å². The quantitative estimate of drug-likeness (QED) is 0.561. The summed E-state index contributed by atoms with van der Waals surface area (Å²) >= 11 is 6.10. The van der Waals surface area contributed by atoms with Crippen LogP contribution in [0.3, 0.4) is 0 Å². The molecule has 0 spiro atoms. The lowest BCUT2D eigenvalue weighted by molar-refractivity contribution is -0.132. The van der Waals surface area contributed by atoms with Gasteiger partial charge in [0.2, 0.25) is 11.9 Å². The maximum Gasteiger partial charge on any atom is 0.225 e. The Labute approximate surface area is 194 Å². The second-order valence-electron chi connectivity index (χ2n) is 8.58. The smallest absolute Gasteiger partial charge is 0.225 e. The zero-order chi connectivity index (χ0) is 22.7. The number of carbonyl (C=O) groups excluding carboxylic acids is 1. The summed E-state index contributed by atoms with van der Waals surface area (Å²) in [5, 5.41) is 4.99. The van der Waals surface area contributed by atoms with Gasteiger partial charge in [0.1, 0.15) is 0 Å². The van der Waals surface area contributed by atoms with Gasteiger partial charge >= 0.3 is 0 Å². The van der Waals surface area contributed by atoms with E-state index in [0.717, 1.165) is 41.8 Å². The Kier molecular flexibility index (Phi) is 6.74. The molecule has 32 heavy (non-hydrogen) atoms. The first kappa shape index (κ1) is 22.3. The molecule has 1 amide bonds. The molecule has 0 aliphatic carbocycles. The third-order valence-electron chi connectivity index (χ3n) is 5.84. The van der Waals surface area contributed by atoms with Gasteiger partial charge in [-0.3, -0.25) is 9.48 Å². The van der Waals surface area contributed by atoms with Gasteiger partial charge in [-0.2, -0.15) is 5.10 Å². The Morgan fingerprint density at radius 3 is 2.69 bits per heavy atom. The van der Waals surface area contributed by atoms with E-state index in [1.807, 2.05) is 78.4 Å². The molecule has 0 radical (unpaired) electrons. The maximum absolute atomic E-state index is 13.0. The highest BCUT2D eigenvalue weighted by atomic mass is 35.5. The first-order chi connectivity index (χ1) is 15.4. The molecule has 0 unspecified atom stereocenters. The van der Waals surface area contributed by atoms with Crippen molar-refractivity contribution in [3.63, 3.8) is 0 Å². The average molecular weight is 453 g/mol. The summed E-state index contributed by atoms with van der Waals surface area (Å²) in [6, 6.07) is 7.76. The lowest BCUT2D eigenvalue weighted by atomic mass is 9.89. The Morgan fingerprint density at radius 2 is 2.00 bits per heavy atom. The first-order valence-electron chi connectivity index (χ1n) is 11.0. The molecule has 4 rings (SSSR count). The molecule has 1 fully saturated rings. The van der Waals surface area contributed by atoms with Crippen LogP contribution >= 0.6 is 11.6 Å². The number of aromatic nitrogens is 4. The summed E-state index contributed by atoms with van der Waals surface area (Å²) in [4.78, 5) is 26.3. The number of aryl methyl sites for hydroxylation is 2. The fourth-order valence-corrected chi connectivity index (χ4v) is 4.27. The third-order valence-corrected chi connectivity index (χ3v) is 6.09. The minimum absolute atomic E-state index is 0.159. The molecular weight excluding hydrogens is 424 g/mol. The molecule has 168 valence electrons. The van der Waals surface area contributed by atoms with E-state index in [-0.39, 0.29) is 11.8 Å². The van der Waals surface area contributed by atoms with Gasteiger partial charge in [-0.1, -0.05) is 23.7 Å². The molecule has 7 nitrogen and oxygen atoms in total. The number of carbonyl (C=O) groups is 1. The number of nitrogens with zero attached hydrogens (tertiary/aromatic N) is 6. The number of likely N-dealkylation sites (tertiary alicyclic amines) is 1. The van der Waals surface area contributed by atoms with Gasteiger partial charge in [0.05, 0.1) is 11.9 Å². The molecule has 1 aromatic carbocycles. The van der Waals surface area contributed by atoms with Crippen LogP contribution in [0.25, 0.3) is 11.1 Å². The number of anilines is 1. The van der Waals surface area contributed by atoms with Crippen molar-refractivity contribution in [2.75, 3.05) is 32.1 Å². The van der Waals surface area contributed by atoms with Gasteiger partial charge in [-0.15, -0.1) is 0 Å². The summed E-state index contributed by atoms with van der Waals surface area (Å²) < 4.78 is 1.83. The maximum atomic E-state index is 13.0. The monoisotopic (exact) mass is 452 g/mol. The molecule has 3 heterocycles. The van der Waals surface area contributed by atoms with E-state index in [9.17, 15) is 4.79 Å². The van der Waals surface area contributed by atoms with Gasteiger partial charge in [-0.05, 0) is 43.0 Å². The number of benzene rings is 1. The number of hydrogen-bond acceptors (Lipinski definition) is 5. The van der Waals surface area contributed by atoms with Gasteiger partial charge in [0, 0.05) is 69.0 Å². The number of hydrogen-bond donors (Lipinski definition) is 0. The van der Waals surface area contributed by atoms with Crippen molar-refractivity contribution < 1.29 is 4.79 Å². The zero-order valence-corrected chi connectivity index (χ0v) is 19.6.